The van der Waals surface area contributed by atoms with Gasteiger partial charge in [-0.2, -0.15) is 0 Å². The second-order valence-electron chi connectivity index (χ2n) is 5.41. The minimum atomic E-state index is -0.481. The first-order valence-electron chi connectivity index (χ1n) is 6.22. The van der Waals surface area contributed by atoms with Crippen molar-refractivity contribution in [2.75, 3.05) is 0 Å². The number of carbonyl (C=O) groups is 2. The summed E-state index contributed by atoms with van der Waals surface area (Å²) in [5.41, 5.74) is -0.378. The summed E-state index contributed by atoms with van der Waals surface area (Å²) in [6.07, 6.45) is 0. The molecule has 1 unspecified atom stereocenters. The second kappa shape index (κ2) is 6.99. The molecule has 2 N–H and O–H groups in total. The van der Waals surface area contributed by atoms with E-state index in [0.29, 0.717) is 5.02 Å². The van der Waals surface area contributed by atoms with E-state index < -0.39 is 6.03 Å². The van der Waals surface area contributed by atoms with Crippen molar-refractivity contribution in [2.24, 2.45) is 0 Å². The van der Waals surface area contributed by atoms with Crippen molar-refractivity contribution in [1.29, 1.82) is 0 Å². The lowest BCUT2D eigenvalue weighted by molar-refractivity contribution is -0.119. The van der Waals surface area contributed by atoms with Gasteiger partial charge in [-0.3, -0.25) is 10.1 Å². The third kappa shape index (κ3) is 6.30. The fourth-order valence-electron chi connectivity index (χ4n) is 1.36. The van der Waals surface area contributed by atoms with Gasteiger partial charge in [0.1, 0.15) is 0 Å². The first-order chi connectivity index (χ1) is 9.17. The highest BCUT2D eigenvalue weighted by Gasteiger charge is 2.19. The highest BCUT2D eigenvalue weighted by atomic mass is 35.5. The van der Waals surface area contributed by atoms with Crippen LogP contribution in [-0.2, 0) is 4.79 Å². The van der Waals surface area contributed by atoms with Gasteiger partial charge in [-0.15, -0.1) is 11.8 Å². The molecule has 0 aliphatic rings. The lowest BCUT2D eigenvalue weighted by Crippen LogP contribution is -2.49. The van der Waals surface area contributed by atoms with Crippen LogP contribution in [0.25, 0.3) is 0 Å². The maximum absolute atomic E-state index is 11.9. The molecule has 0 aliphatic heterocycles. The molecule has 0 aliphatic carbocycles. The summed E-state index contributed by atoms with van der Waals surface area (Å²) in [7, 11) is 0. The molecule has 6 heteroatoms. The van der Waals surface area contributed by atoms with Gasteiger partial charge in [0.05, 0.1) is 5.25 Å². The van der Waals surface area contributed by atoms with Gasteiger partial charge in [-0.25, -0.2) is 4.79 Å². The quantitative estimate of drug-likeness (QED) is 0.840. The molecule has 0 fully saturated rings. The number of nitrogens with one attached hydrogen (secondary N) is 2. The van der Waals surface area contributed by atoms with Gasteiger partial charge in [0, 0.05) is 15.5 Å². The van der Waals surface area contributed by atoms with Gasteiger partial charge < -0.3 is 5.32 Å². The lowest BCUT2D eigenvalue weighted by Gasteiger charge is -2.21. The van der Waals surface area contributed by atoms with Crippen LogP contribution < -0.4 is 10.6 Å². The van der Waals surface area contributed by atoms with E-state index in [-0.39, 0.29) is 16.7 Å². The average molecular weight is 315 g/mol. The van der Waals surface area contributed by atoms with Crippen molar-refractivity contribution >= 4 is 35.3 Å². The predicted molar refractivity (Wildman–Crippen MR) is 83.2 cm³/mol. The van der Waals surface area contributed by atoms with E-state index in [1.807, 2.05) is 32.9 Å². The first-order valence-corrected chi connectivity index (χ1v) is 7.48. The minimum Gasteiger partial charge on any atom is -0.333 e. The summed E-state index contributed by atoms with van der Waals surface area (Å²) in [5, 5.41) is 5.29. The highest BCUT2D eigenvalue weighted by molar-refractivity contribution is 8.00. The summed E-state index contributed by atoms with van der Waals surface area (Å²) in [5.74, 6) is -0.327. The molecule has 1 aromatic rings. The molecule has 4 nitrogen and oxygen atoms in total. The number of imide groups is 1. The van der Waals surface area contributed by atoms with Gasteiger partial charge in [-0.05, 0) is 52.0 Å². The largest absolute Gasteiger partial charge is 0.333 e. The first kappa shape index (κ1) is 16.9. The van der Waals surface area contributed by atoms with Crippen LogP contribution in [0.15, 0.2) is 29.2 Å². The zero-order valence-electron chi connectivity index (χ0n) is 12.0. The Hall–Kier alpha value is -1.20. The van der Waals surface area contributed by atoms with Gasteiger partial charge in [0.15, 0.2) is 0 Å². The van der Waals surface area contributed by atoms with E-state index in [9.17, 15) is 9.59 Å². The smallest absolute Gasteiger partial charge is 0.321 e. The van der Waals surface area contributed by atoms with Gasteiger partial charge in [0.2, 0.25) is 5.91 Å². The molecule has 1 rings (SSSR count). The zero-order valence-corrected chi connectivity index (χ0v) is 13.6. The zero-order chi connectivity index (χ0) is 15.3. The van der Waals surface area contributed by atoms with Gasteiger partial charge in [-0.1, -0.05) is 11.6 Å². The number of carbonyl (C=O) groups excluding carboxylic acids is 2. The van der Waals surface area contributed by atoms with Crippen LogP contribution in [-0.4, -0.2) is 22.7 Å². The fourth-order valence-corrected chi connectivity index (χ4v) is 2.35. The molecule has 0 saturated carbocycles. The van der Waals surface area contributed by atoms with Crippen molar-refractivity contribution in [3.05, 3.63) is 29.3 Å². The Kier molecular flexibility index (Phi) is 5.89. The standard InChI is InChI=1S/C14H19ClN2O2S/c1-9(20-11-7-5-10(15)6-8-11)12(18)16-13(19)17-14(2,3)4/h5-9H,1-4H3,(H2,16,17,18,19). The van der Waals surface area contributed by atoms with Gasteiger partial charge >= 0.3 is 6.03 Å². The number of amides is 3. The Morgan fingerprint density at radius 3 is 2.25 bits per heavy atom. The lowest BCUT2D eigenvalue weighted by atomic mass is 10.1. The van der Waals surface area contributed by atoms with Crippen molar-refractivity contribution in [3.8, 4) is 0 Å². The second-order valence-corrected chi connectivity index (χ2v) is 7.26. The third-order valence-electron chi connectivity index (χ3n) is 2.22. The Morgan fingerprint density at radius 2 is 1.75 bits per heavy atom. The molecule has 3 amide bonds. The molecule has 20 heavy (non-hydrogen) atoms. The van der Waals surface area contributed by atoms with E-state index >= 15 is 0 Å². The van der Waals surface area contributed by atoms with Crippen molar-refractivity contribution in [3.63, 3.8) is 0 Å². The number of benzene rings is 1. The van der Waals surface area contributed by atoms with Crippen LogP contribution >= 0.6 is 23.4 Å². The topological polar surface area (TPSA) is 58.2 Å². The third-order valence-corrected chi connectivity index (χ3v) is 3.58. The Labute approximate surface area is 128 Å². The molecular formula is C14H19ClN2O2S. The Morgan fingerprint density at radius 1 is 1.20 bits per heavy atom. The van der Waals surface area contributed by atoms with E-state index in [2.05, 4.69) is 10.6 Å². The van der Waals surface area contributed by atoms with Crippen LogP contribution in [0.1, 0.15) is 27.7 Å². The summed E-state index contributed by atoms with van der Waals surface area (Å²) < 4.78 is 0. The molecule has 0 radical (unpaired) electrons. The number of thioether (sulfide) groups is 1. The van der Waals surface area contributed by atoms with Gasteiger partial charge in [0.25, 0.3) is 0 Å². The molecule has 1 aromatic carbocycles. The summed E-state index contributed by atoms with van der Waals surface area (Å²) in [4.78, 5) is 24.4. The maximum Gasteiger partial charge on any atom is 0.321 e. The predicted octanol–water partition coefficient (Wildman–Crippen LogP) is 3.44. The van der Waals surface area contributed by atoms with Crippen LogP contribution in [0, 0.1) is 0 Å². The number of halogens is 1. The number of hydrogen-bond acceptors (Lipinski definition) is 3. The maximum atomic E-state index is 11.9. The highest BCUT2D eigenvalue weighted by Crippen LogP contribution is 2.24. The number of hydrogen-bond donors (Lipinski definition) is 2. The summed E-state index contributed by atoms with van der Waals surface area (Å²) >= 11 is 7.17. The monoisotopic (exact) mass is 314 g/mol. The Bertz CT molecular complexity index is 483. The van der Waals surface area contributed by atoms with E-state index in [4.69, 9.17) is 11.6 Å². The SMILES string of the molecule is CC(Sc1ccc(Cl)cc1)C(=O)NC(=O)NC(C)(C)C. The molecule has 0 spiro atoms. The molecular weight excluding hydrogens is 296 g/mol. The number of rotatable bonds is 3. The van der Waals surface area contributed by atoms with E-state index in [0.717, 1.165) is 4.90 Å². The average Bonchev–Trinajstić information content (AvgIpc) is 2.29. The molecule has 0 saturated heterocycles. The molecule has 0 aromatic heterocycles. The van der Waals surface area contributed by atoms with Crippen LogP contribution in [0.5, 0.6) is 0 Å². The van der Waals surface area contributed by atoms with Crippen LogP contribution in [0.2, 0.25) is 5.02 Å². The molecule has 1 atom stereocenters. The van der Waals surface area contributed by atoms with E-state index in [1.165, 1.54) is 11.8 Å². The number of urea groups is 1. The van der Waals surface area contributed by atoms with Crippen molar-refractivity contribution < 1.29 is 9.59 Å². The Balaban J connectivity index is 2.51. The normalized spacial score (nSPS) is 12.7. The van der Waals surface area contributed by atoms with Crippen LogP contribution in [0.3, 0.4) is 0 Å². The minimum absolute atomic E-state index is 0.327. The molecule has 0 heterocycles. The summed E-state index contributed by atoms with van der Waals surface area (Å²) in [6.45, 7) is 7.30. The van der Waals surface area contributed by atoms with Crippen molar-refractivity contribution in [2.45, 2.75) is 43.4 Å². The molecule has 0 bridgehead atoms. The fraction of sp³-hybridized carbons (Fsp3) is 0.429. The van der Waals surface area contributed by atoms with Crippen molar-refractivity contribution in [1.82, 2.24) is 10.6 Å². The van der Waals surface area contributed by atoms with E-state index in [1.54, 1.807) is 19.1 Å². The summed E-state index contributed by atoms with van der Waals surface area (Å²) in [6, 6.07) is 6.73. The van der Waals surface area contributed by atoms with Crippen LogP contribution in [0.4, 0.5) is 4.79 Å². The molecule has 110 valence electrons.